The Morgan fingerprint density at radius 1 is 1.37 bits per heavy atom. The van der Waals surface area contributed by atoms with E-state index in [2.05, 4.69) is 4.72 Å². The van der Waals surface area contributed by atoms with Gasteiger partial charge in [-0.25, -0.2) is 13.1 Å². The number of nitrogens with two attached hydrogens (primary N) is 1. The van der Waals surface area contributed by atoms with Gasteiger partial charge in [0.1, 0.15) is 0 Å². The van der Waals surface area contributed by atoms with Crippen LogP contribution < -0.4 is 10.5 Å². The van der Waals surface area contributed by atoms with Crippen LogP contribution in [-0.4, -0.2) is 14.0 Å². The van der Waals surface area contributed by atoms with Crippen LogP contribution >= 0.6 is 11.6 Å². The Bertz CT molecular complexity index is 568. The Morgan fingerprint density at radius 3 is 2.47 bits per heavy atom. The van der Waals surface area contributed by atoms with E-state index >= 15 is 0 Å². The fraction of sp³-hybridized carbons (Fsp3) is 0.538. The molecule has 0 atom stereocenters. The van der Waals surface area contributed by atoms with Gasteiger partial charge in [-0.1, -0.05) is 24.9 Å². The summed E-state index contributed by atoms with van der Waals surface area (Å²) in [5.74, 6) is 0. The average Bonchev–Trinajstić information content (AvgIpc) is 2.21. The monoisotopic (exact) mass is 304 g/mol. The van der Waals surface area contributed by atoms with E-state index in [0.29, 0.717) is 16.3 Å². The van der Waals surface area contributed by atoms with Crippen LogP contribution in [0, 0.1) is 6.92 Å². The predicted octanol–water partition coefficient (Wildman–Crippen LogP) is 3.09. The van der Waals surface area contributed by atoms with Crippen LogP contribution in [0.5, 0.6) is 0 Å². The summed E-state index contributed by atoms with van der Waals surface area (Å²) in [6.07, 6.45) is 1.65. The number of halogens is 1. The lowest BCUT2D eigenvalue weighted by Crippen LogP contribution is -2.43. The highest BCUT2D eigenvalue weighted by atomic mass is 35.5. The standard InChI is InChI=1S/C13H21ClN2O2S/c1-5-6-13(3,4)16-19(17,18)12-8-10(14)7-11(15)9(12)2/h7-8,16H,5-6,15H2,1-4H3. The van der Waals surface area contributed by atoms with Crippen molar-refractivity contribution in [3.8, 4) is 0 Å². The van der Waals surface area contributed by atoms with E-state index in [9.17, 15) is 8.42 Å². The number of anilines is 1. The maximum atomic E-state index is 12.4. The molecule has 0 aliphatic rings. The molecule has 108 valence electrons. The normalized spacial score (nSPS) is 12.7. The smallest absolute Gasteiger partial charge is 0.241 e. The fourth-order valence-corrected chi connectivity index (χ4v) is 4.08. The van der Waals surface area contributed by atoms with E-state index in [0.717, 1.165) is 12.8 Å². The van der Waals surface area contributed by atoms with E-state index in [1.165, 1.54) is 6.07 Å². The molecule has 1 rings (SSSR count). The third-order valence-corrected chi connectivity index (χ3v) is 4.98. The zero-order chi connectivity index (χ0) is 14.8. The van der Waals surface area contributed by atoms with Gasteiger partial charge in [-0.05, 0) is 44.9 Å². The Balaban J connectivity index is 3.22. The van der Waals surface area contributed by atoms with Gasteiger partial charge in [-0.15, -0.1) is 0 Å². The van der Waals surface area contributed by atoms with Crippen LogP contribution in [0.1, 0.15) is 39.2 Å². The van der Waals surface area contributed by atoms with Crippen molar-refractivity contribution in [2.45, 2.75) is 51.0 Å². The van der Waals surface area contributed by atoms with Crippen molar-refractivity contribution in [1.82, 2.24) is 4.72 Å². The van der Waals surface area contributed by atoms with Gasteiger partial charge >= 0.3 is 0 Å². The summed E-state index contributed by atoms with van der Waals surface area (Å²) in [4.78, 5) is 0.140. The molecule has 0 saturated carbocycles. The van der Waals surface area contributed by atoms with Crippen molar-refractivity contribution in [2.24, 2.45) is 0 Å². The zero-order valence-corrected chi connectivity index (χ0v) is 13.3. The highest BCUT2D eigenvalue weighted by Gasteiger charge is 2.27. The van der Waals surface area contributed by atoms with Gasteiger partial charge < -0.3 is 5.73 Å². The SMILES string of the molecule is CCCC(C)(C)NS(=O)(=O)c1cc(Cl)cc(N)c1C. The molecule has 0 amide bonds. The predicted molar refractivity (Wildman–Crippen MR) is 79.9 cm³/mol. The van der Waals surface area contributed by atoms with Gasteiger partial charge in [0.15, 0.2) is 0 Å². The summed E-state index contributed by atoms with van der Waals surface area (Å²) < 4.78 is 27.5. The Labute approximate surface area is 120 Å². The van der Waals surface area contributed by atoms with Crippen LogP contribution in [0.25, 0.3) is 0 Å². The van der Waals surface area contributed by atoms with E-state index in [1.54, 1.807) is 13.0 Å². The molecule has 0 bridgehead atoms. The molecule has 0 aromatic heterocycles. The van der Waals surface area contributed by atoms with Crippen molar-refractivity contribution < 1.29 is 8.42 Å². The third-order valence-electron chi connectivity index (χ3n) is 2.94. The maximum absolute atomic E-state index is 12.4. The molecule has 0 radical (unpaired) electrons. The lowest BCUT2D eigenvalue weighted by molar-refractivity contribution is 0.417. The summed E-state index contributed by atoms with van der Waals surface area (Å²) in [6, 6.07) is 2.98. The molecule has 0 aliphatic heterocycles. The second-order valence-corrected chi connectivity index (χ2v) is 7.44. The van der Waals surface area contributed by atoms with Gasteiger partial charge in [0.2, 0.25) is 10.0 Å². The second-order valence-electron chi connectivity index (χ2n) is 5.36. The van der Waals surface area contributed by atoms with E-state index in [1.807, 2.05) is 20.8 Å². The minimum Gasteiger partial charge on any atom is -0.398 e. The molecule has 0 fully saturated rings. The lowest BCUT2D eigenvalue weighted by Gasteiger charge is -2.26. The molecular formula is C13H21ClN2O2S. The van der Waals surface area contributed by atoms with Crippen molar-refractivity contribution in [3.63, 3.8) is 0 Å². The molecule has 1 aromatic rings. The molecule has 0 spiro atoms. The summed E-state index contributed by atoms with van der Waals surface area (Å²) in [5.41, 5.74) is 6.15. The van der Waals surface area contributed by atoms with E-state index in [-0.39, 0.29) is 4.90 Å². The average molecular weight is 305 g/mol. The largest absolute Gasteiger partial charge is 0.398 e. The first-order valence-corrected chi connectivity index (χ1v) is 8.05. The van der Waals surface area contributed by atoms with Crippen molar-refractivity contribution >= 4 is 27.3 Å². The van der Waals surface area contributed by atoms with E-state index in [4.69, 9.17) is 17.3 Å². The first kappa shape index (κ1) is 16.3. The number of sulfonamides is 1. The van der Waals surface area contributed by atoms with Gasteiger partial charge in [0.05, 0.1) is 4.90 Å². The summed E-state index contributed by atoms with van der Waals surface area (Å²) in [6.45, 7) is 7.40. The summed E-state index contributed by atoms with van der Waals surface area (Å²) in [7, 11) is -3.63. The number of rotatable bonds is 5. The number of benzene rings is 1. The molecule has 1 aromatic carbocycles. The van der Waals surface area contributed by atoms with Gasteiger partial charge in [0, 0.05) is 16.2 Å². The highest BCUT2D eigenvalue weighted by Crippen LogP contribution is 2.27. The molecule has 4 nitrogen and oxygen atoms in total. The molecule has 6 heteroatoms. The maximum Gasteiger partial charge on any atom is 0.241 e. The molecule has 19 heavy (non-hydrogen) atoms. The van der Waals surface area contributed by atoms with Crippen LogP contribution in [-0.2, 0) is 10.0 Å². The summed E-state index contributed by atoms with van der Waals surface area (Å²) >= 11 is 5.89. The Kier molecular flexibility index (Phi) is 4.87. The summed E-state index contributed by atoms with van der Waals surface area (Å²) in [5, 5.41) is 0.316. The molecule has 0 saturated heterocycles. The van der Waals surface area contributed by atoms with Gasteiger partial charge in [0.25, 0.3) is 0 Å². The Hall–Kier alpha value is -0.780. The number of nitrogens with one attached hydrogen (secondary N) is 1. The fourth-order valence-electron chi connectivity index (χ4n) is 2.05. The number of hydrogen-bond acceptors (Lipinski definition) is 3. The third kappa shape index (κ3) is 4.09. The molecule has 0 heterocycles. The van der Waals surface area contributed by atoms with Gasteiger partial charge in [-0.3, -0.25) is 0 Å². The lowest BCUT2D eigenvalue weighted by atomic mass is 10.0. The van der Waals surface area contributed by atoms with Crippen LogP contribution in [0.3, 0.4) is 0 Å². The minimum absolute atomic E-state index is 0.140. The number of hydrogen-bond donors (Lipinski definition) is 2. The zero-order valence-electron chi connectivity index (χ0n) is 11.7. The highest BCUT2D eigenvalue weighted by molar-refractivity contribution is 7.89. The molecule has 0 aliphatic carbocycles. The van der Waals surface area contributed by atoms with Crippen LogP contribution in [0.4, 0.5) is 5.69 Å². The van der Waals surface area contributed by atoms with Gasteiger partial charge in [-0.2, -0.15) is 0 Å². The van der Waals surface area contributed by atoms with Crippen LogP contribution in [0.2, 0.25) is 5.02 Å². The Morgan fingerprint density at radius 2 is 1.95 bits per heavy atom. The first-order chi connectivity index (χ1) is 8.59. The molecule has 3 N–H and O–H groups in total. The van der Waals surface area contributed by atoms with Crippen molar-refractivity contribution in [1.29, 1.82) is 0 Å². The first-order valence-electron chi connectivity index (χ1n) is 6.18. The second kappa shape index (κ2) is 5.69. The minimum atomic E-state index is -3.63. The van der Waals surface area contributed by atoms with E-state index < -0.39 is 15.6 Å². The van der Waals surface area contributed by atoms with Crippen LogP contribution in [0.15, 0.2) is 17.0 Å². The number of nitrogen functional groups attached to an aromatic ring is 1. The molecular weight excluding hydrogens is 284 g/mol. The van der Waals surface area contributed by atoms with Crippen molar-refractivity contribution in [3.05, 3.63) is 22.7 Å². The van der Waals surface area contributed by atoms with Crippen molar-refractivity contribution in [2.75, 3.05) is 5.73 Å². The quantitative estimate of drug-likeness (QED) is 0.821. The molecule has 0 unspecified atom stereocenters. The topological polar surface area (TPSA) is 72.2 Å².